The molecular weight excluding hydrogens is 569 g/mol. The molecule has 44 heavy (non-hydrogen) atoms. The smallest absolute Gasteiger partial charge is 0.0616 e. The SMILES string of the molecule is Cc1ccc([S+](c2ccc(C)cc2)c2ccc(C)cc2)cc1.Cc1ccccc1[S+](c1ccccc1C)c1ccccc1C. The van der Waals surface area contributed by atoms with Crippen molar-refractivity contribution in [2.45, 2.75) is 70.9 Å². The van der Waals surface area contributed by atoms with Gasteiger partial charge >= 0.3 is 0 Å². The Balaban J connectivity index is 0.000000175. The molecule has 0 nitrogen and oxygen atoms in total. The molecule has 0 atom stereocenters. The number of hydrogen-bond acceptors (Lipinski definition) is 0. The Morgan fingerprint density at radius 1 is 0.273 bits per heavy atom. The lowest BCUT2D eigenvalue weighted by molar-refractivity contribution is 1.20. The lowest BCUT2D eigenvalue weighted by Gasteiger charge is -2.13. The summed E-state index contributed by atoms with van der Waals surface area (Å²) in [6.45, 7) is 13.1. The van der Waals surface area contributed by atoms with E-state index < -0.39 is 0 Å². The molecule has 0 unspecified atom stereocenters. The van der Waals surface area contributed by atoms with Crippen molar-refractivity contribution >= 4 is 21.8 Å². The van der Waals surface area contributed by atoms with Crippen LogP contribution in [0, 0.1) is 41.5 Å². The van der Waals surface area contributed by atoms with Crippen molar-refractivity contribution in [3.8, 4) is 0 Å². The van der Waals surface area contributed by atoms with Gasteiger partial charge in [-0.2, -0.15) is 0 Å². The van der Waals surface area contributed by atoms with E-state index in [0.717, 1.165) is 0 Å². The third-order valence-corrected chi connectivity index (χ3v) is 12.6. The van der Waals surface area contributed by atoms with Gasteiger partial charge in [0.25, 0.3) is 0 Å². The number of hydrogen-bond donors (Lipinski definition) is 0. The minimum absolute atomic E-state index is 0.0394. The summed E-state index contributed by atoms with van der Waals surface area (Å²) >= 11 is 0. The number of aryl methyl sites for hydroxylation is 6. The highest BCUT2D eigenvalue weighted by Gasteiger charge is 2.32. The van der Waals surface area contributed by atoms with Gasteiger partial charge < -0.3 is 0 Å². The monoisotopic (exact) mass is 610 g/mol. The summed E-state index contributed by atoms with van der Waals surface area (Å²) < 4.78 is 0. The molecule has 0 heterocycles. The maximum absolute atomic E-state index is 2.28. The molecule has 0 bridgehead atoms. The summed E-state index contributed by atoms with van der Waals surface area (Å²) in [6, 6.07) is 53.1. The van der Waals surface area contributed by atoms with Gasteiger partial charge in [0.1, 0.15) is 10.9 Å². The number of rotatable bonds is 6. The second-order valence-corrected chi connectivity index (χ2v) is 15.3. The maximum atomic E-state index is 2.28. The van der Waals surface area contributed by atoms with Gasteiger partial charge in [-0.15, -0.1) is 0 Å². The summed E-state index contributed by atoms with van der Waals surface area (Å²) in [6.07, 6.45) is 0. The van der Waals surface area contributed by atoms with Crippen LogP contribution in [0.1, 0.15) is 33.4 Å². The van der Waals surface area contributed by atoms with Gasteiger partial charge in [0.05, 0.1) is 10.9 Å². The molecule has 6 aromatic carbocycles. The first-order valence-electron chi connectivity index (χ1n) is 15.2. The first-order valence-corrected chi connectivity index (χ1v) is 17.6. The highest BCUT2D eigenvalue weighted by molar-refractivity contribution is 7.97. The molecule has 0 aliphatic rings. The molecule has 6 aromatic rings. The first-order chi connectivity index (χ1) is 21.3. The van der Waals surface area contributed by atoms with Crippen LogP contribution in [0.25, 0.3) is 0 Å². The number of benzene rings is 6. The van der Waals surface area contributed by atoms with E-state index in [9.17, 15) is 0 Å². The van der Waals surface area contributed by atoms with Crippen LogP contribution in [0.15, 0.2) is 175 Å². The van der Waals surface area contributed by atoms with Crippen molar-refractivity contribution < 1.29 is 0 Å². The second kappa shape index (κ2) is 14.7. The van der Waals surface area contributed by atoms with Gasteiger partial charge in [0, 0.05) is 16.7 Å². The van der Waals surface area contributed by atoms with Crippen LogP contribution < -0.4 is 0 Å². The van der Waals surface area contributed by atoms with Gasteiger partial charge in [-0.1, -0.05) is 108 Å². The summed E-state index contributed by atoms with van der Waals surface area (Å²) in [7, 11) is -0.0888. The summed E-state index contributed by atoms with van der Waals surface area (Å²) in [5, 5.41) is 0. The fourth-order valence-corrected chi connectivity index (χ4v) is 9.71. The predicted molar refractivity (Wildman–Crippen MR) is 191 cm³/mol. The molecule has 0 saturated heterocycles. The van der Waals surface area contributed by atoms with Crippen molar-refractivity contribution in [3.05, 3.63) is 179 Å². The third kappa shape index (κ3) is 7.56. The minimum atomic E-state index is -0.0494. The topological polar surface area (TPSA) is 0 Å². The molecule has 0 spiro atoms. The zero-order chi connectivity index (χ0) is 31.1. The van der Waals surface area contributed by atoms with Gasteiger partial charge in [-0.25, -0.2) is 0 Å². The summed E-state index contributed by atoms with van der Waals surface area (Å²) in [5.74, 6) is 0. The molecule has 0 fully saturated rings. The summed E-state index contributed by atoms with van der Waals surface area (Å²) in [4.78, 5) is 8.39. The van der Waals surface area contributed by atoms with E-state index in [4.69, 9.17) is 0 Å². The molecule has 0 N–H and O–H groups in total. The van der Waals surface area contributed by atoms with Crippen LogP contribution >= 0.6 is 0 Å². The van der Waals surface area contributed by atoms with Crippen LogP contribution in [0.2, 0.25) is 0 Å². The minimum Gasteiger partial charge on any atom is -0.0616 e. The average Bonchev–Trinajstić information content (AvgIpc) is 3.03. The molecule has 0 aliphatic carbocycles. The van der Waals surface area contributed by atoms with Crippen LogP contribution in [0.3, 0.4) is 0 Å². The highest BCUT2D eigenvalue weighted by Crippen LogP contribution is 2.36. The Kier molecular flexibility index (Phi) is 10.5. The van der Waals surface area contributed by atoms with E-state index in [1.54, 1.807) is 0 Å². The Labute approximate surface area is 270 Å². The molecule has 0 aliphatic heterocycles. The molecule has 0 radical (unpaired) electrons. The lowest BCUT2D eigenvalue weighted by Crippen LogP contribution is -2.09. The van der Waals surface area contributed by atoms with E-state index in [1.807, 2.05) is 0 Å². The maximum Gasteiger partial charge on any atom is 0.169 e. The second-order valence-electron chi connectivity index (χ2n) is 11.3. The highest BCUT2D eigenvalue weighted by atomic mass is 32.2. The largest absolute Gasteiger partial charge is 0.169 e. The third-order valence-electron chi connectivity index (χ3n) is 7.71. The average molecular weight is 611 g/mol. The van der Waals surface area contributed by atoms with E-state index in [2.05, 4.69) is 187 Å². The van der Waals surface area contributed by atoms with Crippen LogP contribution in [-0.4, -0.2) is 0 Å². The molecule has 0 amide bonds. The lowest BCUT2D eigenvalue weighted by atomic mass is 10.2. The Morgan fingerprint density at radius 3 is 0.773 bits per heavy atom. The Bertz CT molecular complexity index is 1580. The zero-order valence-electron chi connectivity index (χ0n) is 26.7. The first kappa shape index (κ1) is 31.4. The van der Waals surface area contributed by atoms with Crippen LogP contribution in [0.5, 0.6) is 0 Å². The standard InChI is InChI=1S/2C21H21S/c1-16-4-10-19(11-5-16)22(20-12-6-17(2)7-13-20)21-14-8-18(3)9-15-21;1-16-10-4-7-13-19(16)22(20-14-8-5-11-17(20)2)21-15-9-6-12-18(21)3/h2*4-15H,1-3H3/q2*+1. The molecule has 2 heteroatoms. The van der Waals surface area contributed by atoms with Crippen LogP contribution in [0.4, 0.5) is 0 Å². The fourth-order valence-electron chi connectivity index (χ4n) is 5.14. The Hall–Kier alpha value is -3.98. The van der Waals surface area contributed by atoms with Crippen molar-refractivity contribution in [2.24, 2.45) is 0 Å². The molecule has 0 aromatic heterocycles. The molecule has 0 saturated carbocycles. The van der Waals surface area contributed by atoms with Crippen molar-refractivity contribution in [3.63, 3.8) is 0 Å². The Morgan fingerprint density at radius 2 is 0.523 bits per heavy atom. The molecular formula is C42H42S2+2. The van der Waals surface area contributed by atoms with E-state index in [1.165, 1.54) is 62.8 Å². The fraction of sp³-hybridized carbons (Fsp3) is 0.143. The van der Waals surface area contributed by atoms with Crippen molar-refractivity contribution in [1.82, 2.24) is 0 Å². The zero-order valence-corrected chi connectivity index (χ0v) is 28.3. The normalized spacial score (nSPS) is 10.9. The van der Waals surface area contributed by atoms with E-state index in [-0.39, 0.29) is 21.8 Å². The quantitative estimate of drug-likeness (QED) is 0.165. The van der Waals surface area contributed by atoms with Crippen molar-refractivity contribution in [1.29, 1.82) is 0 Å². The van der Waals surface area contributed by atoms with E-state index >= 15 is 0 Å². The van der Waals surface area contributed by atoms with Gasteiger partial charge in [0.15, 0.2) is 29.4 Å². The molecule has 6 rings (SSSR count). The van der Waals surface area contributed by atoms with Gasteiger partial charge in [-0.05, 0) is 96.1 Å². The van der Waals surface area contributed by atoms with Gasteiger partial charge in [0.2, 0.25) is 0 Å². The van der Waals surface area contributed by atoms with Gasteiger partial charge in [-0.3, -0.25) is 0 Å². The molecule has 220 valence electrons. The summed E-state index contributed by atoms with van der Waals surface area (Å²) in [5.41, 5.74) is 7.99. The van der Waals surface area contributed by atoms with Crippen LogP contribution in [-0.2, 0) is 21.8 Å². The van der Waals surface area contributed by atoms with E-state index in [0.29, 0.717) is 0 Å². The van der Waals surface area contributed by atoms with Crippen molar-refractivity contribution in [2.75, 3.05) is 0 Å². The predicted octanol–water partition coefficient (Wildman–Crippen LogP) is 11.4.